The second-order valence-corrected chi connectivity index (χ2v) is 4.32. The van der Waals surface area contributed by atoms with Gasteiger partial charge in [0.15, 0.2) is 0 Å². The van der Waals surface area contributed by atoms with Crippen molar-refractivity contribution in [2.24, 2.45) is 0 Å². The molecule has 0 fully saturated rings. The topological polar surface area (TPSA) is 77.2 Å². The molecular formula is C5H4ClNO4S. The summed E-state index contributed by atoms with van der Waals surface area (Å²) < 4.78 is 26.1. The molecule has 0 aliphatic heterocycles. The van der Waals surface area contributed by atoms with Crippen LogP contribution in [0.2, 0.25) is 0 Å². The maximum atomic E-state index is 10.8. The lowest BCUT2D eigenvalue weighted by atomic mass is 10.7. The summed E-state index contributed by atoms with van der Waals surface area (Å²) in [6.07, 6.45) is 1.88. The van der Waals surface area contributed by atoms with Crippen LogP contribution in [-0.4, -0.2) is 24.9 Å². The van der Waals surface area contributed by atoms with Crippen molar-refractivity contribution in [3.05, 3.63) is 12.1 Å². The van der Waals surface area contributed by atoms with E-state index in [1.54, 1.807) is 0 Å². The van der Waals surface area contributed by atoms with Gasteiger partial charge >= 0.3 is 5.24 Å². The predicted molar refractivity (Wildman–Crippen MR) is 39.8 cm³/mol. The van der Waals surface area contributed by atoms with Crippen molar-refractivity contribution in [1.29, 1.82) is 0 Å². The molecule has 0 unspecified atom stereocenters. The van der Waals surface area contributed by atoms with E-state index in [1.807, 2.05) is 0 Å². The molecule has 0 aromatic carbocycles. The van der Waals surface area contributed by atoms with Crippen LogP contribution in [0.15, 0.2) is 15.7 Å². The number of carbonyl (C=O) groups is 1. The Balaban J connectivity index is 3.17. The van der Waals surface area contributed by atoms with Crippen LogP contribution in [0.1, 0.15) is 10.7 Å². The number of carbonyl (C=O) groups excluding carboxylic acids is 1. The molecule has 0 atom stereocenters. The standard InChI is InChI=1S/C5H4ClNO4S/c1-12(9,10)3-2-7-5(11-3)4(6)8/h2H,1H3. The summed E-state index contributed by atoms with van der Waals surface area (Å²) in [5.41, 5.74) is 0. The van der Waals surface area contributed by atoms with Gasteiger partial charge in [-0.05, 0) is 11.6 Å². The zero-order chi connectivity index (χ0) is 9.35. The fourth-order valence-electron chi connectivity index (χ4n) is 0.522. The second kappa shape index (κ2) is 2.87. The fraction of sp³-hybridized carbons (Fsp3) is 0.200. The van der Waals surface area contributed by atoms with E-state index >= 15 is 0 Å². The molecule has 0 spiro atoms. The van der Waals surface area contributed by atoms with Gasteiger partial charge < -0.3 is 4.42 Å². The normalized spacial score (nSPS) is 11.5. The highest BCUT2D eigenvalue weighted by Gasteiger charge is 2.16. The Morgan fingerprint density at radius 2 is 2.25 bits per heavy atom. The van der Waals surface area contributed by atoms with E-state index in [4.69, 9.17) is 11.6 Å². The molecule has 0 aliphatic rings. The highest BCUT2D eigenvalue weighted by molar-refractivity contribution is 7.90. The van der Waals surface area contributed by atoms with Crippen molar-refractivity contribution in [2.45, 2.75) is 5.09 Å². The van der Waals surface area contributed by atoms with E-state index in [9.17, 15) is 13.2 Å². The van der Waals surface area contributed by atoms with Gasteiger partial charge in [-0.15, -0.1) is 0 Å². The Morgan fingerprint density at radius 3 is 2.50 bits per heavy atom. The van der Waals surface area contributed by atoms with Gasteiger partial charge in [-0.25, -0.2) is 13.4 Å². The van der Waals surface area contributed by atoms with Crippen molar-refractivity contribution < 1.29 is 17.6 Å². The van der Waals surface area contributed by atoms with Crippen molar-refractivity contribution in [3.8, 4) is 0 Å². The first kappa shape index (κ1) is 9.21. The Bertz CT molecular complexity index is 407. The molecule has 0 N–H and O–H groups in total. The molecule has 1 heterocycles. The van der Waals surface area contributed by atoms with Crippen molar-refractivity contribution in [3.63, 3.8) is 0 Å². The Labute approximate surface area is 73.3 Å². The van der Waals surface area contributed by atoms with Crippen molar-refractivity contribution in [2.75, 3.05) is 6.26 Å². The van der Waals surface area contributed by atoms with Crippen LogP contribution < -0.4 is 0 Å². The maximum absolute atomic E-state index is 10.8. The first-order valence-corrected chi connectivity index (χ1v) is 5.04. The smallest absolute Gasteiger partial charge is 0.307 e. The monoisotopic (exact) mass is 209 g/mol. The Kier molecular flexibility index (Phi) is 2.20. The number of nitrogens with zero attached hydrogens (tertiary/aromatic N) is 1. The van der Waals surface area contributed by atoms with Gasteiger partial charge in [0, 0.05) is 6.26 Å². The van der Waals surface area contributed by atoms with E-state index in [-0.39, 0.29) is 5.09 Å². The van der Waals surface area contributed by atoms with E-state index in [0.717, 1.165) is 12.5 Å². The molecule has 1 rings (SSSR count). The minimum Gasteiger partial charge on any atom is -0.421 e. The highest BCUT2D eigenvalue weighted by atomic mass is 35.5. The van der Waals surface area contributed by atoms with Gasteiger partial charge in [0.25, 0.3) is 5.89 Å². The van der Waals surface area contributed by atoms with Crippen LogP contribution in [0.25, 0.3) is 0 Å². The fourth-order valence-corrected chi connectivity index (χ4v) is 1.08. The second-order valence-electron chi connectivity index (χ2n) is 2.03. The van der Waals surface area contributed by atoms with E-state index in [2.05, 4.69) is 9.40 Å². The summed E-state index contributed by atoms with van der Waals surface area (Å²) in [7, 11) is -3.46. The van der Waals surface area contributed by atoms with E-state index < -0.39 is 21.0 Å². The number of sulfone groups is 1. The van der Waals surface area contributed by atoms with Crippen molar-refractivity contribution >= 4 is 26.7 Å². The van der Waals surface area contributed by atoms with Crippen LogP contribution >= 0.6 is 11.6 Å². The van der Waals surface area contributed by atoms with E-state index in [1.165, 1.54) is 0 Å². The first-order valence-electron chi connectivity index (χ1n) is 2.77. The molecule has 12 heavy (non-hydrogen) atoms. The Morgan fingerprint density at radius 1 is 1.67 bits per heavy atom. The number of oxazole rings is 1. The molecule has 7 heteroatoms. The summed E-state index contributed by atoms with van der Waals surface area (Å²) >= 11 is 4.98. The third kappa shape index (κ3) is 1.83. The van der Waals surface area contributed by atoms with Gasteiger partial charge in [0.05, 0.1) is 6.20 Å². The lowest BCUT2D eigenvalue weighted by Gasteiger charge is -1.86. The van der Waals surface area contributed by atoms with E-state index in [0.29, 0.717) is 0 Å². The molecular weight excluding hydrogens is 206 g/mol. The summed E-state index contributed by atoms with van der Waals surface area (Å²) in [5, 5.41) is -1.29. The molecule has 66 valence electrons. The van der Waals surface area contributed by atoms with Gasteiger partial charge in [-0.1, -0.05) is 0 Å². The summed E-state index contributed by atoms with van der Waals surface area (Å²) in [6.45, 7) is 0. The highest BCUT2D eigenvalue weighted by Crippen LogP contribution is 2.11. The molecule has 0 amide bonds. The quantitative estimate of drug-likeness (QED) is 0.662. The van der Waals surface area contributed by atoms with Crippen LogP contribution in [0.4, 0.5) is 0 Å². The summed E-state index contributed by atoms with van der Waals surface area (Å²) in [5.74, 6) is -0.419. The van der Waals surface area contributed by atoms with Crippen LogP contribution in [0, 0.1) is 0 Å². The first-order chi connectivity index (χ1) is 5.41. The number of rotatable bonds is 2. The molecule has 0 aliphatic carbocycles. The minimum absolute atomic E-state index is 0.369. The third-order valence-corrected chi connectivity index (χ3v) is 2.10. The average molecular weight is 210 g/mol. The number of hydrogen-bond acceptors (Lipinski definition) is 5. The molecule has 1 aromatic heterocycles. The lowest BCUT2D eigenvalue weighted by Crippen LogP contribution is -1.94. The summed E-state index contributed by atoms with van der Waals surface area (Å²) in [4.78, 5) is 13.8. The summed E-state index contributed by atoms with van der Waals surface area (Å²) in [6, 6.07) is 0. The largest absolute Gasteiger partial charge is 0.421 e. The number of aromatic nitrogens is 1. The van der Waals surface area contributed by atoms with Crippen LogP contribution in [-0.2, 0) is 9.84 Å². The number of halogens is 1. The molecule has 0 radical (unpaired) electrons. The Hall–Kier alpha value is -0.880. The molecule has 0 bridgehead atoms. The molecule has 1 aromatic rings. The lowest BCUT2D eigenvalue weighted by molar-refractivity contribution is 0.104. The van der Waals surface area contributed by atoms with Gasteiger partial charge in [0.2, 0.25) is 14.9 Å². The molecule has 5 nitrogen and oxygen atoms in total. The zero-order valence-corrected chi connectivity index (χ0v) is 7.52. The molecule has 0 saturated heterocycles. The van der Waals surface area contributed by atoms with Crippen LogP contribution in [0.5, 0.6) is 0 Å². The third-order valence-electron chi connectivity index (χ3n) is 1.02. The van der Waals surface area contributed by atoms with Gasteiger partial charge in [-0.2, -0.15) is 0 Å². The van der Waals surface area contributed by atoms with Crippen molar-refractivity contribution in [1.82, 2.24) is 4.98 Å². The number of hydrogen-bond donors (Lipinski definition) is 0. The SMILES string of the molecule is CS(=O)(=O)c1cnc(C(=O)Cl)o1. The van der Waals surface area contributed by atoms with Crippen LogP contribution in [0.3, 0.4) is 0 Å². The van der Waals surface area contributed by atoms with Gasteiger partial charge in [-0.3, -0.25) is 4.79 Å². The maximum Gasteiger partial charge on any atom is 0.307 e. The average Bonchev–Trinajstić information content (AvgIpc) is 2.30. The predicted octanol–water partition coefficient (Wildman–Crippen LogP) is 0.457. The minimum atomic E-state index is -3.46. The molecule has 0 saturated carbocycles. The van der Waals surface area contributed by atoms with Gasteiger partial charge in [0.1, 0.15) is 0 Å². The zero-order valence-electron chi connectivity index (χ0n) is 5.94.